The second-order valence-corrected chi connectivity index (χ2v) is 5.16. The van der Waals surface area contributed by atoms with Crippen LogP contribution >= 0.6 is 24.2 Å². The first-order valence-corrected chi connectivity index (χ1v) is 7.40. The Morgan fingerprint density at radius 2 is 2.15 bits per heavy atom. The molecule has 0 spiro atoms. The topological polar surface area (TPSA) is 75.4 Å². The predicted molar refractivity (Wildman–Crippen MR) is 82.6 cm³/mol. The molecule has 0 aliphatic rings. The van der Waals surface area contributed by atoms with E-state index in [0.717, 1.165) is 5.75 Å². The van der Waals surface area contributed by atoms with E-state index < -0.39 is 18.0 Å². The molecular weight excluding hydrogens is 303 g/mol. The molecule has 20 heavy (non-hydrogen) atoms. The average Bonchev–Trinajstić information content (AvgIpc) is 2.42. The summed E-state index contributed by atoms with van der Waals surface area (Å²) in [4.78, 5) is 11.6. The van der Waals surface area contributed by atoms with Crippen LogP contribution in [0.3, 0.4) is 0 Å². The minimum atomic E-state index is -1.07. The highest BCUT2D eigenvalue weighted by molar-refractivity contribution is 7.98. The van der Waals surface area contributed by atoms with Gasteiger partial charge in [0.15, 0.2) is 0 Å². The summed E-state index contributed by atoms with van der Waals surface area (Å²) in [6.07, 6.45) is 1.44. The van der Waals surface area contributed by atoms with E-state index in [1.165, 1.54) is 12.1 Å². The van der Waals surface area contributed by atoms with Gasteiger partial charge in [-0.1, -0.05) is 18.2 Å². The number of amides is 1. The molecule has 0 bridgehead atoms. The maximum absolute atomic E-state index is 13.4. The highest BCUT2D eigenvalue weighted by Gasteiger charge is 2.16. The second kappa shape index (κ2) is 9.99. The molecule has 0 aliphatic heterocycles. The first-order valence-electron chi connectivity index (χ1n) is 6.01. The van der Waals surface area contributed by atoms with E-state index in [9.17, 15) is 14.3 Å². The van der Waals surface area contributed by atoms with Crippen LogP contribution in [-0.4, -0.2) is 35.6 Å². The van der Waals surface area contributed by atoms with Gasteiger partial charge in [0.2, 0.25) is 5.91 Å². The predicted octanol–water partition coefficient (Wildman–Crippen LogP) is 1.48. The maximum atomic E-state index is 13.4. The van der Waals surface area contributed by atoms with Crippen LogP contribution in [0, 0.1) is 5.82 Å². The normalized spacial score (nSPS) is 13.2. The van der Waals surface area contributed by atoms with E-state index in [1.807, 2.05) is 6.26 Å². The van der Waals surface area contributed by atoms with Gasteiger partial charge in [0, 0.05) is 12.1 Å². The third-order valence-electron chi connectivity index (χ3n) is 2.70. The molecule has 4 N–H and O–H groups in total. The van der Waals surface area contributed by atoms with Crippen molar-refractivity contribution < 1.29 is 14.3 Å². The number of thioether (sulfide) groups is 1. The molecule has 0 heterocycles. The fourth-order valence-corrected chi connectivity index (χ4v) is 2.05. The van der Waals surface area contributed by atoms with Crippen molar-refractivity contribution in [2.75, 3.05) is 18.6 Å². The zero-order chi connectivity index (χ0) is 14.3. The largest absolute Gasteiger partial charge is 0.386 e. The van der Waals surface area contributed by atoms with Gasteiger partial charge >= 0.3 is 0 Å². The van der Waals surface area contributed by atoms with Crippen LogP contribution in [0.15, 0.2) is 24.3 Å². The number of halogens is 2. The molecule has 0 radical (unpaired) electrons. The Bertz CT molecular complexity index is 423. The van der Waals surface area contributed by atoms with Crippen molar-refractivity contribution in [3.05, 3.63) is 35.6 Å². The Kier molecular flexibility index (Phi) is 9.58. The third-order valence-corrected chi connectivity index (χ3v) is 3.35. The third kappa shape index (κ3) is 6.09. The van der Waals surface area contributed by atoms with E-state index in [0.29, 0.717) is 6.42 Å². The molecule has 7 heteroatoms. The summed E-state index contributed by atoms with van der Waals surface area (Å²) in [5, 5.41) is 12.3. The molecule has 2 atom stereocenters. The lowest BCUT2D eigenvalue weighted by Gasteiger charge is -2.15. The number of aliphatic hydroxyl groups is 1. The van der Waals surface area contributed by atoms with Crippen molar-refractivity contribution >= 4 is 30.1 Å². The SMILES string of the molecule is CSCC[C@H](N)C(=O)NCC(O)c1ccccc1F.Cl. The lowest BCUT2D eigenvalue weighted by atomic mass is 10.1. The number of carbonyl (C=O) groups excluding carboxylic acids is 1. The number of rotatable bonds is 7. The Morgan fingerprint density at radius 3 is 2.75 bits per heavy atom. The van der Waals surface area contributed by atoms with E-state index in [4.69, 9.17) is 5.73 Å². The van der Waals surface area contributed by atoms with E-state index in [1.54, 1.807) is 23.9 Å². The summed E-state index contributed by atoms with van der Waals surface area (Å²) < 4.78 is 13.4. The quantitative estimate of drug-likeness (QED) is 0.711. The van der Waals surface area contributed by atoms with Gasteiger partial charge in [-0.25, -0.2) is 4.39 Å². The maximum Gasteiger partial charge on any atom is 0.237 e. The van der Waals surface area contributed by atoms with Gasteiger partial charge in [-0.15, -0.1) is 12.4 Å². The number of nitrogens with one attached hydrogen (secondary N) is 1. The Balaban J connectivity index is 0.00000361. The molecule has 4 nitrogen and oxygen atoms in total. The molecule has 0 saturated heterocycles. The monoisotopic (exact) mass is 322 g/mol. The molecule has 0 aromatic heterocycles. The summed E-state index contributed by atoms with van der Waals surface area (Å²) in [7, 11) is 0. The van der Waals surface area contributed by atoms with Crippen molar-refractivity contribution in [2.45, 2.75) is 18.6 Å². The van der Waals surface area contributed by atoms with E-state index >= 15 is 0 Å². The molecule has 1 aromatic rings. The summed E-state index contributed by atoms with van der Waals surface area (Å²) in [5.41, 5.74) is 5.84. The number of carbonyl (C=O) groups is 1. The number of benzene rings is 1. The number of nitrogens with two attached hydrogens (primary N) is 1. The second-order valence-electron chi connectivity index (χ2n) is 4.17. The molecule has 1 aromatic carbocycles. The average molecular weight is 323 g/mol. The van der Waals surface area contributed by atoms with Gasteiger partial charge in [0.1, 0.15) is 5.82 Å². The van der Waals surface area contributed by atoms with Crippen LogP contribution in [0.25, 0.3) is 0 Å². The van der Waals surface area contributed by atoms with Crippen molar-refractivity contribution in [2.24, 2.45) is 5.73 Å². The van der Waals surface area contributed by atoms with Crippen molar-refractivity contribution in [3.63, 3.8) is 0 Å². The van der Waals surface area contributed by atoms with Crippen LogP contribution in [0.2, 0.25) is 0 Å². The van der Waals surface area contributed by atoms with Gasteiger partial charge in [-0.3, -0.25) is 4.79 Å². The molecule has 0 fully saturated rings. The van der Waals surface area contributed by atoms with Gasteiger partial charge in [-0.2, -0.15) is 11.8 Å². The van der Waals surface area contributed by atoms with Crippen molar-refractivity contribution in [1.82, 2.24) is 5.32 Å². The summed E-state index contributed by atoms with van der Waals surface area (Å²) in [6, 6.07) is 5.33. The fraction of sp³-hybridized carbons (Fsp3) is 0.462. The number of hydrogen-bond acceptors (Lipinski definition) is 4. The van der Waals surface area contributed by atoms with Crippen LogP contribution in [0.1, 0.15) is 18.1 Å². The van der Waals surface area contributed by atoms with Crippen LogP contribution in [0.4, 0.5) is 4.39 Å². The van der Waals surface area contributed by atoms with E-state index in [2.05, 4.69) is 5.32 Å². The van der Waals surface area contributed by atoms with Gasteiger partial charge in [-0.05, 0) is 24.5 Å². The summed E-state index contributed by atoms with van der Waals surface area (Å²) >= 11 is 1.61. The van der Waals surface area contributed by atoms with Gasteiger partial charge in [0.25, 0.3) is 0 Å². The summed E-state index contributed by atoms with van der Waals surface area (Å²) in [6.45, 7) is -0.0489. The fourth-order valence-electron chi connectivity index (χ4n) is 1.56. The molecule has 0 saturated carbocycles. The van der Waals surface area contributed by atoms with Gasteiger partial charge in [0.05, 0.1) is 12.1 Å². The molecular formula is C13H20ClFN2O2S. The minimum Gasteiger partial charge on any atom is -0.386 e. The number of hydrogen-bond donors (Lipinski definition) is 3. The molecule has 1 amide bonds. The summed E-state index contributed by atoms with van der Waals surface area (Å²) in [5.74, 6) is -0.0230. The highest BCUT2D eigenvalue weighted by atomic mass is 35.5. The van der Waals surface area contributed by atoms with Crippen LogP contribution in [0.5, 0.6) is 0 Å². The lowest BCUT2D eigenvalue weighted by molar-refractivity contribution is -0.122. The molecule has 1 rings (SSSR count). The first kappa shape index (κ1) is 19.2. The zero-order valence-corrected chi connectivity index (χ0v) is 12.8. The molecule has 1 unspecified atom stereocenters. The van der Waals surface area contributed by atoms with Crippen molar-refractivity contribution in [3.8, 4) is 0 Å². The molecule has 114 valence electrons. The standard InChI is InChI=1S/C13H19FN2O2S.ClH/c1-19-7-6-11(15)13(18)16-8-12(17)9-4-2-3-5-10(9)14;/h2-5,11-12,17H,6-8,15H2,1H3,(H,16,18);1H/t11-,12?;/m0./s1. The van der Waals surface area contributed by atoms with Gasteiger partial charge < -0.3 is 16.2 Å². The minimum absolute atomic E-state index is 0. The Hall–Kier alpha value is -0.820. The lowest BCUT2D eigenvalue weighted by Crippen LogP contribution is -2.42. The highest BCUT2D eigenvalue weighted by Crippen LogP contribution is 2.15. The Labute approximate surface area is 128 Å². The number of aliphatic hydroxyl groups excluding tert-OH is 1. The zero-order valence-electron chi connectivity index (χ0n) is 11.2. The van der Waals surface area contributed by atoms with Crippen LogP contribution < -0.4 is 11.1 Å². The molecule has 0 aliphatic carbocycles. The van der Waals surface area contributed by atoms with Crippen LogP contribution in [-0.2, 0) is 4.79 Å². The van der Waals surface area contributed by atoms with E-state index in [-0.39, 0.29) is 30.4 Å². The van der Waals surface area contributed by atoms with Crippen molar-refractivity contribution in [1.29, 1.82) is 0 Å². The Morgan fingerprint density at radius 1 is 1.50 bits per heavy atom. The first-order chi connectivity index (χ1) is 9.06. The smallest absolute Gasteiger partial charge is 0.237 e.